The van der Waals surface area contributed by atoms with E-state index in [0.29, 0.717) is 6.54 Å². The fourth-order valence-corrected chi connectivity index (χ4v) is 2.29. The molecule has 1 saturated heterocycles. The van der Waals surface area contributed by atoms with Gasteiger partial charge in [0.15, 0.2) is 0 Å². The van der Waals surface area contributed by atoms with Crippen molar-refractivity contribution in [1.29, 1.82) is 0 Å². The summed E-state index contributed by atoms with van der Waals surface area (Å²) >= 11 is 3.40. The Morgan fingerprint density at radius 1 is 1.44 bits per heavy atom. The maximum absolute atomic E-state index is 10.8. The first-order chi connectivity index (χ1) is 7.65. The summed E-state index contributed by atoms with van der Waals surface area (Å²) < 4.78 is 1.07. The van der Waals surface area contributed by atoms with Crippen LogP contribution in [0, 0.1) is 5.92 Å². The van der Waals surface area contributed by atoms with Crippen molar-refractivity contribution in [1.82, 2.24) is 4.90 Å². The second-order valence-corrected chi connectivity index (χ2v) is 5.10. The van der Waals surface area contributed by atoms with Crippen LogP contribution in [0.2, 0.25) is 0 Å². The van der Waals surface area contributed by atoms with Gasteiger partial charge in [0.05, 0.1) is 5.92 Å². The van der Waals surface area contributed by atoms with Crippen LogP contribution < -0.4 is 0 Å². The van der Waals surface area contributed by atoms with E-state index in [-0.39, 0.29) is 5.92 Å². The van der Waals surface area contributed by atoms with Crippen LogP contribution in [0.1, 0.15) is 12.0 Å². The number of halogens is 1. The largest absolute Gasteiger partial charge is 0.481 e. The van der Waals surface area contributed by atoms with Gasteiger partial charge in [-0.2, -0.15) is 0 Å². The van der Waals surface area contributed by atoms with E-state index in [0.717, 1.165) is 24.0 Å². The third-order valence-electron chi connectivity index (χ3n) is 2.94. The van der Waals surface area contributed by atoms with Gasteiger partial charge in [-0.05, 0) is 30.7 Å². The van der Waals surface area contributed by atoms with E-state index in [1.807, 2.05) is 12.1 Å². The third-order valence-corrected chi connectivity index (χ3v) is 3.47. The molecule has 4 heteroatoms. The number of carboxylic acids is 1. The highest BCUT2D eigenvalue weighted by atomic mass is 79.9. The highest BCUT2D eigenvalue weighted by Crippen LogP contribution is 2.19. The molecule has 0 saturated carbocycles. The van der Waals surface area contributed by atoms with Gasteiger partial charge in [-0.25, -0.2) is 0 Å². The van der Waals surface area contributed by atoms with Gasteiger partial charge in [0.25, 0.3) is 0 Å². The molecule has 1 atom stereocenters. The van der Waals surface area contributed by atoms with Crippen molar-refractivity contribution in [3.05, 3.63) is 34.3 Å². The van der Waals surface area contributed by atoms with Crippen LogP contribution in [-0.2, 0) is 11.3 Å². The van der Waals surface area contributed by atoms with Gasteiger partial charge in [0.1, 0.15) is 0 Å². The first-order valence-electron chi connectivity index (χ1n) is 5.35. The molecule has 0 aromatic heterocycles. The number of carboxylic acid groups (broad SMARTS) is 1. The van der Waals surface area contributed by atoms with Crippen LogP contribution in [0.4, 0.5) is 0 Å². The molecule has 0 spiro atoms. The Balaban J connectivity index is 1.92. The SMILES string of the molecule is O=C(O)[C@H]1CCN(Cc2ccc(Br)cc2)C1. The lowest BCUT2D eigenvalue weighted by Gasteiger charge is -2.15. The molecule has 1 aliphatic rings. The second kappa shape index (κ2) is 4.97. The summed E-state index contributed by atoms with van der Waals surface area (Å²) in [6, 6.07) is 8.16. The normalized spacial score (nSPS) is 21.2. The summed E-state index contributed by atoms with van der Waals surface area (Å²) in [5.41, 5.74) is 1.23. The number of carbonyl (C=O) groups is 1. The van der Waals surface area contributed by atoms with Crippen molar-refractivity contribution in [3.8, 4) is 0 Å². The van der Waals surface area contributed by atoms with Crippen LogP contribution >= 0.6 is 15.9 Å². The first kappa shape index (κ1) is 11.6. The maximum Gasteiger partial charge on any atom is 0.307 e. The molecule has 16 heavy (non-hydrogen) atoms. The standard InChI is InChI=1S/C12H14BrNO2/c13-11-3-1-9(2-4-11)7-14-6-5-10(8-14)12(15)16/h1-4,10H,5-8H2,(H,15,16)/t10-/m0/s1. The molecule has 3 nitrogen and oxygen atoms in total. The molecule has 1 heterocycles. The quantitative estimate of drug-likeness (QED) is 0.926. The van der Waals surface area contributed by atoms with Crippen LogP contribution in [0.15, 0.2) is 28.7 Å². The Hall–Kier alpha value is -0.870. The number of benzene rings is 1. The summed E-state index contributed by atoms with van der Waals surface area (Å²) in [5.74, 6) is -0.853. The van der Waals surface area contributed by atoms with Crippen molar-refractivity contribution in [2.75, 3.05) is 13.1 Å². The molecule has 1 aromatic rings. The monoisotopic (exact) mass is 283 g/mol. The molecule has 0 unspecified atom stereocenters. The van der Waals surface area contributed by atoms with E-state index < -0.39 is 5.97 Å². The Labute approximate surface area is 103 Å². The Morgan fingerprint density at radius 3 is 2.69 bits per heavy atom. The molecule has 0 aliphatic carbocycles. The lowest BCUT2D eigenvalue weighted by Crippen LogP contribution is -2.22. The van der Waals surface area contributed by atoms with Crippen molar-refractivity contribution in [2.24, 2.45) is 5.92 Å². The summed E-state index contributed by atoms with van der Waals surface area (Å²) in [4.78, 5) is 13.0. The average molecular weight is 284 g/mol. The van der Waals surface area contributed by atoms with Gasteiger partial charge in [-0.3, -0.25) is 9.69 Å². The first-order valence-corrected chi connectivity index (χ1v) is 6.14. The molecule has 1 fully saturated rings. The predicted molar refractivity (Wildman–Crippen MR) is 65.2 cm³/mol. The number of hydrogen-bond donors (Lipinski definition) is 1. The third kappa shape index (κ3) is 2.83. The lowest BCUT2D eigenvalue weighted by atomic mass is 10.1. The molecular weight excluding hydrogens is 270 g/mol. The van der Waals surface area contributed by atoms with Crippen LogP contribution in [-0.4, -0.2) is 29.1 Å². The molecular formula is C12H14BrNO2. The number of likely N-dealkylation sites (tertiary alicyclic amines) is 1. The number of hydrogen-bond acceptors (Lipinski definition) is 2. The van der Waals surface area contributed by atoms with E-state index in [2.05, 4.69) is 33.0 Å². The number of aliphatic carboxylic acids is 1. The molecule has 1 aliphatic heterocycles. The number of nitrogens with zero attached hydrogens (tertiary/aromatic N) is 1. The van der Waals surface area contributed by atoms with E-state index in [4.69, 9.17) is 5.11 Å². The van der Waals surface area contributed by atoms with Gasteiger partial charge in [0.2, 0.25) is 0 Å². The lowest BCUT2D eigenvalue weighted by molar-refractivity contribution is -0.141. The maximum atomic E-state index is 10.8. The minimum absolute atomic E-state index is 0.185. The molecule has 2 rings (SSSR count). The smallest absolute Gasteiger partial charge is 0.307 e. The van der Waals surface area contributed by atoms with Gasteiger partial charge in [0, 0.05) is 17.6 Å². The van der Waals surface area contributed by atoms with Crippen LogP contribution in [0.3, 0.4) is 0 Å². The van der Waals surface area contributed by atoms with E-state index >= 15 is 0 Å². The minimum atomic E-state index is -0.668. The summed E-state index contributed by atoms with van der Waals surface area (Å²) in [6.45, 7) is 2.40. The molecule has 1 N–H and O–H groups in total. The molecule has 1 aromatic carbocycles. The summed E-state index contributed by atoms with van der Waals surface area (Å²) in [7, 11) is 0. The topological polar surface area (TPSA) is 40.5 Å². The average Bonchev–Trinajstić information content (AvgIpc) is 2.70. The van der Waals surface area contributed by atoms with Crippen molar-refractivity contribution >= 4 is 21.9 Å². The fourth-order valence-electron chi connectivity index (χ4n) is 2.03. The minimum Gasteiger partial charge on any atom is -0.481 e. The summed E-state index contributed by atoms with van der Waals surface area (Å²) in [6.07, 6.45) is 0.770. The second-order valence-electron chi connectivity index (χ2n) is 4.19. The summed E-state index contributed by atoms with van der Waals surface area (Å²) in [5, 5.41) is 8.90. The van der Waals surface area contributed by atoms with Crippen molar-refractivity contribution in [2.45, 2.75) is 13.0 Å². The highest BCUT2D eigenvalue weighted by molar-refractivity contribution is 9.10. The Bertz CT molecular complexity index is 377. The van der Waals surface area contributed by atoms with Gasteiger partial charge in [-0.1, -0.05) is 28.1 Å². The van der Waals surface area contributed by atoms with E-state index in [1.165, 1.54) is 5.56 Å². The Morgan fingerprint density at radius 2 is 2.12 bits per heavy atom. The zero-order chi connectivity index (χ0) is 11.5. The van der Waals surface area contributed by atoms with Crippen molar-refractivity contribution < 1.29 is 9.90 Å². The van der Waals surface area contributed by atoms with Crippen LogP contribution in [0.5, 0.6) is 0 Å². The zero-order valence-corrected chi connectivity index (χ0v) is 10.5. The fraction of sp³-hybridized carbons (Fsp3) is 0.417. The molecule has 0 amide bonds. The zero-order valence-electron chi connectivity index (χ0n) is 8.90. The number of rotatable bonds is 3. The molecule has 0 bridgehead atoms. The molecule has 0 radical (unpaired) electrons. The van der Waals surface area contributed by atoms with Crippen molar-refractivity contribution in [3.63, 3.8) is 0 Å². The predicted octanol–water partition coefficient (Wildman–Crippen LogP) is 2.36. The van der Waals surface area contributed by atoms with Gasteiger partial charge < -0.3 is 5.11 Å². The Kier molecular flexibility index (Phi) is 3.61. The van der Waals surface area contributed by atoms with Gasteiger partial charge in [-0.15, -0.1) is 0 Å². The van der Waals surface area contributed by atoms with E-state index in [9.17, 15) is 4.79 Å². The molecule has 86 valence electrons. The highest BCUT2D eigenvalue weighted by Gasteiger charge is 2.27. The van der Waals surface area contributed by atoms with Crippen LogP contribution in [0.25, 0.3) is 0 Å². The van der Waals surface area contributed by atoms with E-state index in [1.54, 1.807) is 0 Å². The van der Waals surface area contributed by atoms with Gasteiger partial charge >= 0.3 is 5.97 Å².